The Morgan fingerprint density at radius 2 is 1.76 bits per heavy atom. The second-order valence-corrected chi connectivity index (χ2v) is 9.29. The van der Waals surface area contributed by atoms with Crippen LogP contribution in [0.2, 0.25) is 0 Å². The third-order valence-electron chi connectivity index (χ3n) is 7.01. The molecule has 3 aliphatic heterocycles. The maximum atomic E-state index is 12.9. The van der Waals surface area contributed by atoms with E-state index in [0.29, 0.717) is 71.0 Å². The second kappa shape index (κ2) is 9.61. The molecule has 3 fully saturated rings. The first-order valence-electron chi connectivity index (χ1n) is 11.5. The lowest BCUT2D eigenvalue weighted by Crippen LogP contribution is -2.52. The molecule has 3 aliphatic rings. The van der Waals surface area contributed by atoms with Gasteiger partial charge in [0, 0.05) is 44.9 Å². The Balaban J connectivity index is 1.29. The van der Waals surface area contributed by atoms with E-state index in [0.717, 1.165) is 23.6 Å². The Kier molecular flexibility index (Phi) is 6.99. The molecule has 3 saturated heterocycles. The number of aryl methyl sites for hydroxylation is 1. The molecule has 1 aromatic heterocycles. The average Bonchev–Trinajstić information content (AvgIpc) is 3.15. The summed E-state index contributed by atoms with van der Waals surface area (Å²) in [6, 6.07) is 0.951. The third kappa shape index (κ3) is 5.68. The van der Waals surface area contributed by atoms with Crippen molar-refractivity contribution in [3.8, 4) is 0 Å². The number of ether oxygens (including phenoxy) is 2. The Morgan fingerprint density at radius 1 is 1.09 bits per heavy atom. The molecular weight excluding hydrogens is 441 g/mol. The van der Waals surface area contributed by atoms with E-state index >= 15 is 0 Å². The lowest BCUT2D eigenvalue weighted by Gasteiger charge is -2.46. The lowest BCUT2D eigenvalue weighted by atomic mass is 9.78. The molecule has 0 N–H and O–H groups in total. The van der Waals surface area contributed by atoms with Gasteiger partial charge in [-0.3, -0.25) is 14.3 Å². The van der Waals surface area contributed by atoms with Crippen LogP contribution in [-0.4, -0.2) is 83.0 Å². The van der Waals surface area contributed by atoms with E-state index in [4.69, 9.17) is 9.47 Å². The third-order valence-corrected chi connectivity index (χ3v) is 7.01. The SMILES string of the molecule is Cc1cc(C(F)(F)F)nn1CC(=O)N1CCC2(CC1)CC(CC(=O)N1CCOCC1)CCO2. The zero-order valence-corrected chi connectivity index (χ0v) is 18.9. The molecular formula is C22H31F3N4O4. The number of amides is 2. The second-order valence-electron chi connectivity index (χ2n) is 9.29. The van der Waals surface area contributed by atoms with Crippen LogP contribution < -0.4 is 0 Å². The zero-order valence-electron chi connectivity index (χ0n) is 18.9. The van der Waals surface area contributed by atoms with E-state index in [9.17, 15) is 22.8 Å². The monoisotopic (exact) mass is 472 g/mol. The van der Waals surface area contributed by atoms with Gasteiger partial charge in [-0.2, -0.15) is 18.3 Å². The van der Waals surface area contributed by atoms with Crippen LogP contribution in [-0.2, 0) is 31.8 Å². The van der Waals surface area contributed by atoms with Gasteiger partial charge >= 0.3 is 6.18 Å². The summed E-state index contributed by atoms with van der Waals surface area (Å²) in [4.78, 5) is 28.9. The lowest BCUT2D eigenvalue weighted by molar-refractivity contribution is -0.151. The fourth-order valence-electron chi connectivity index (χ4n) is 5.04. The minimum absolute atomic E-state index is 0.167. The topological polar surface area (TPSA) is 76.9 Å². The number of hydrogen-bond acceptors (Lipinski definition) is 5. The molecule has 1 spiro atoms. The highest BCUT2D eigenvalue weighted by Crippen LogP contribution is 2.39. The van der Waals surface area contributed by atoms with Crippen molar-refractivity contribution in [1.29, 1.82) is 0 Å². The van der Waals surface area contributed by atoms with Crippen LogP contribution in [0.3, 0.4) is 0 Å². The van der Waals surface area contributed by atoms with Crippen molar-refractivity contribution in [1.82, 2.24) is 19.6 Å². The standard InChI is InChI=1S/C22H31F3N4O4/c1-16-12-18(22(23,24)25)26-29(16)15-20(31)27-5-3-21(4-6-27)14-17(2-9-33-21)13-19(30)28-7-10-32-11-8-28/h12,17H,2-11,13-15H2,1H3. The van der Waals surface area contributed by atoms with Crippen LogP contribution in [0.1, 0.15) is 43.5 Å². The number of carbonyl (C=O) groups is 2. The molecule has 184 valence electrons. The summed E-state index contributed by atoms with van der Waals surface area (Å²) in [6.07, 6.45) is -1.07. The number of rotatable bonds is 4. The van der Waals surface area contributed by atoms with Gasteiger partial charge in [0.1, 0.15) is 6.54 Å². The number of morpholine rings is 1. The number of piperidine rings is 1. The van der Waals surface area contributed by atoms with E-state index in [1.807, 2.05) is 4.90 Å². The van der Waals surface area contributed by atoms with Crippen molar-refractivity contribution in [3.05, 3.63) is 17.5 Å². The van der Waals surface area contributed by atoms with Crippen molar-refractivity contribution >= 4 is 11.8 Å². The van der Waals surface area contributed by atoms with Crippen LogP contribution in [0, 0.1) is 12.8 Å². The van der Waals surface area contributed by atoms with E-state index in [-0.39, 0.29) is 29.9 Å². The van der Waals surface area contributed by atoms with Crippen molar-refractivity contribution in [2.45, 2.75) is 57.3 Å². The highest BCUT2D eigenvalue weighted by atomic mass is 19.4. The van der Waals surface area contributed by atoms with Crippen LogP contribution in [0.5, 0.6) is 0 Å². The fourth-order valence-corrected chi connectivity index (χ4v) is 5.04. The van der Waals surface area contributed by atoms with Gasteiger partial charge in [-0.1, -0.05) is 0 Å². The van der Waals surface area contributed by atoms with Crippen LogP contribution >= 0.6 is 0 Å². The number of likely N-dealkylation sites (tertiary alicyclic amines) is 1. The van der Waals surface area contributed by atoms with Crippen molar-refractivity contribution < 1.29 is 32.2 Å². The van der Waals surface area contributed by atoms with Crippen molar-refractivity contribution in [3.63, 3.8) is 0 Å². The molecule has 4 heterocycles. The molecule has 0 aliphatic carbocycles. The Hall–Kier alpha value is -2.14. The van der Waals surface area contributed by atoms with Crippen molar-refractivity contribution in [2.75, 3.05) is 46.0 Å². The molecule has 11 heteroatoms. The predicted molar refractivity (Wildman–Crippen MR) is 111 cm³/mol. The summed E-state index contributed by atoms with van der Waals surface area (Å²) in [5, 5.41) is 3.55. The van der Waals surface area contributed by atoms with Gasteiger partial charge in [0.05, 0.1) is 18.8 Å². The van der Waals surface area contributed by atoms with E-state index in [1.54, 1.807) is 4.90 Å². The molecule has 0 aromatic carbocycles. The Labute approximate surface area is 191 Å². The van der Waals surface area contributed by atoms with Gasteiger partial charge in [0.15, 0.2) is 5.69 Å². The average molecular weight is 473 g/mol. The largest absolute Gasteiger partial charge is 0.435 e. The Morgan fingerprint density at radius 3 is 2.39 bits per heavy atom. The maximum absolute atomic E-state index is 12.9. The molecule has 4 rings (SSSR count). The first-order valence-corrected chi connectivity index (χ1v) is 11.5. The predicted octanol–water partition coefficient (Wildman–Crippen LogP) is 2.25. The molecule has 1 unspecified atom stereocenters. The fraction of sp³-hybridized carbons (Fsp3) is 0.773. The number of alkyl halides is 3. The number of hydrogen-bond donors (Lipinski definition) is 0. The van der Waals surface area contributed by atoms with E-state index in [2.05, 4.69) is 5.10 Å². The summed E-state index contributed by atoms with van der Waals surface area (Å²) in [5.74, 6) is 0.171. The summed E-state index contributed by atoms with van der Waals surface area (Å²) in [7, 11) is 0. The quantitative estimate of drug-likeness (QED) is 0.672. The Bertz CT molecular complexity index is 858. The molecule has 1 aromatic rings. The molecule has 0 bridgehead atoms. The molecule has 0 saturated carbocycles. The van der Waals surface area contributed by atoms with Crippen LogP contribution in [0.15, 0.2) is 6.07 Å². The van der Waals surface area contributed by atoms with Gasteiger partial charge in [-0.05, 0) is 44.6 Å². The van der Waals surface area contributed by atoms with E-state index in [1.165, 1.54) is 6.92 Å². The highest BCUT2D eigenvalue weighted by molar-refractivity contribution is 5.77. The minimum atomic E-state index is -4.53. The van der Waals surface area contributed by atoms with Gasteiger partial charge in [-0.15, -0.1) is 0 Å². The number of nitrogens with zero attached hydrogens (tertiary/aromatic N) is 4. The summed E-state index contributed by atoms with van der Waals surface area (Å²) < 4.78 is 51.2. The van der Waals surface area contributed by atoms with Crippen molar-refractivity contribution in [2.24, 2.45) is 5.92 Å². The zero-order chi connectivity index (χ0) is 23.6. The molecule has 1 atom stereocenters. The highest BCUT2D eigenvalue weighted by Gasteiger charge is 2.42. The molecule has 33 heavy (non-hydrogen) atoms. The molecule has 8 nitrogen and oxygen atoms in total. The molecule has 2 amide bonds. The van der Waals surface area contributed by atoms with E-state index < -0.39 is 11.9 Å². The summed E-state index contributed by atoms with van der Waals surface area (Å²) in [6.45, 7) is 5.31. The van der Waals surface area contributed by atoms with Gasteiger partial charge < -0.3 is 19.3 Å². The van der Waals surface area contributed by atoms with Gasteiger partial charge in [0.25, 0.3) is 0 Å². The summed E-state index contributed by atoms with van der Waals surface area (Å²) >= 11 is 0. The van der Waals surface area contributed by atoms with Gasteiger partial charge in [-0.25, -0.2) is 0 Å². The first kappa shape index (κ1) is 24.0. The minimum Gasteiger partial charge on any atom is -0.378 e. The molecule has 0 radical (unpaired) electrons. The number of carbonyl (C=O) groups excluding carboxylic acids is 2. The maximum Gasteiger partial charge on any atom is 0.435 e. The van der Waals surface area contributed by atoms with Crippen LogP contribution in [0.25, 0.3) is 0 Å². The summed E-state index contributed by atoms with van der Waals surface area (Å²) in [5.41, 5.74) is -1.03. The number of halogens is 3. The normalized spacial score (nSPS) is 23.7. The van der Waals surface area contributed by atoms with Crippen LogP contribution in [0.4, 0.5) is 13.2 Å². The number of aromatic nitrogens is 2. The first-order chi connectivity index (χ1) is 15.7. The van der Waals surface area contributed by atoms with Gasteiger partial charge in [0.2, 0.25) is 11.8 Å². The smallest absolute Gasteiger partial charge is 0.378 e.